The quantitative estimate of drug-likeness (QED) is 0.661. The Hall–Kier alpha value is -1.43. The number of nitrogens with zero attached hydrogens (tertiary/aromatic N) is 2. The van der Waals surface area contributed by atoms with Crippen LogP contribution in [-0.2, 0) is 5.41 Å². The molecule has 5 nitrogen and oxygen atoms in total. The molecule has 0 bridgehead atoms. The summed E-state index contributed by atoms with van der Waals surface area (Å²) >= 11 is 1.63. The molecule has 0 unspecified atom stereocenters. The number of hydrazone groups is 1. The Balaban J connectivity index is 2.88. The van der Waals surface area contributed by atoms with E-state index in [1.807, 2.05) is 20.8 Å². The van der Waals surface area contributed by atoms with Gasteiger partial charge in [0, 0.05) is 12.0 Å². The maximum atomic E-state index is 11.3. The van der Waals surface area contributed by atoms with Gasteiger partial charge in [0.1, 0.15) is 0 Å². The topological polar surface area (TPSA) is 66.4 Å². The number of hydrogen-bond donors (Lipinski definition) is 2. The zero-order valence-electron chi connectivity index (χ0n) is 12.4. The van der Waals surface area contributed by atoms with E-state index < -0.39 is 0 Å². The third kappa shape index (κ3) is 4.31. The maximum Gasteiger partial charge on any atom is 0.335 e. The first-order valence-electron chi connectivity index (χ1n) is 6.32. The number of amides is 2. The minimum atomic E-state index is -0.292. The van der Waals surface area contributed by atoms with Gasteiger partial charge in [-0.15, -0.1) is 11.3 Å². The number of hydrogen-bond acceptors (Lipinski definition) is 4. The molecule has 0 aliphatic rings. The van der Waals surface area contributed by atoms with Crippen LogP contribution in [-0.4, -0.2) is 23.3 Å². The molecule has 0 radical (unpaired) electrons. The Kier molecular flexibility index (Phi) is 5.05. The van der Waals surface area contributed by atoms with Crippen LogP contribution in [0.1, 0.15) is 50.2 Å². The summed E-state index contributed by atoms with van der Waals surface area (Å²) in [5.41, 5.74) is 4.23. The fraction of sp³-hybridized carbons (Fsp3) is 0.615. The van der Waals surface area contributed by atoms with E-state index >= 15 is 0 Å². The van der Waals surface area contributed by atoms with Gasteiger partial charge in [0.25, 0.3) is 0 Å². The summed E-state index contributed by atoms with van der Waals surface area (Å²) < 4.78 is 0. The van der Waals surface area contributed by atoms with E-state index in [9.17, 15) is 4.79 Å². The van der Waals surface area contributed by atoms with Crippen LogP contribution in [0.4, 0.5) is 4.79 Å². The van der Waals surface area contributed by atoms with Crippen molar-refractivity contribution in [1.29, 1.82) is 0 Å². The highest BCUT2D eigenvalue weighted by atomic mass is 32.1. The SMILES string of the molecule is CCNC(=O)NN=C(C)c1sc(C(C)(C)C)nc1C. The summed E-state index contributed by atoms with van der Waals surface area (Å²) in [7, 11) is 0. The fourth-order valence-corrected chi connectivity index (χ4v) is 2.51. The Bertz CT molecular complexity index is 485. The number of rotatable bonds is 3. The van der Waals surface area contributed by atoms with E-state index in [1.54, 1.807) is 11.3 Å². The van der Waals surface area contributed by atoms with Crippen LogP contribution in [0.2, 0.25) is 0 Å². The van der Waals surface area contributed by atoms with Crippen LogP contribution < -0.4 is 10.7 Å². The van der Waals surface area contributed by atoms with E-state index in [1.165, 1.54) is 0 Å². The van der Waals surface area contributed by atoms with E-state index in [2.05, 4.69) is 41.6 Å². The highest BCUT2D eigenvalue weighted by molar-refractivity contribution is 7.14. The van der Waals surface area contributed by atoms with Crippen molar-refractivity contribution in [3.63, 3.8) is 0 Å². The van der Waals surface area contributed by atoms with Crippen molar-refractivity contribution < 1.29 is 4.79 Å². The lowest BCUT2D eigenvalue weighted by molar-refractivity contribution is 0.242. The molecule has 19 heavy (non-hydrogen) atoms. The van der Waals surface area contributed by atoms with Crippen LogP contribution in [0.15, 0.2) is 5.10 Å². The number of aryl methyl sites for hydroxylation is 1. The normalized spacial score (nSPS) is 12.4. The largest absolute Gasteiger partial charge is 0.337 e. The highest BCUT2D eigenvalue weighted by Gasteiger charge is 2.21. The lowest BCUT2D eigenvalue weighted by Gasteiger charge is -2.13. The lowest BCUT2D eigenvalue weighted by Crippen LogP contribution is -2.32. The van der Waals surface area contributed by atoms with Crippen LogP contribution in [0.3, 0.4) is 0 Å². The van der Waals surface area contributed by atoms with Crippen LogP contribution in [0.25, 0.3) is 0 Å². The van der Waals surface area contributed by atoms with Crippen molar-refractivity contribution in [2.45, 2.75) is 47.0 Å². The number of thiazole rings is 1. The summed E-state index contributed by atoms with van der Waals surface area (Å²) in [5.74, 6) is 0. The summed E-state index contributed by atoms with van der Waals surface area (Å²) in [6, 6.07) is -0.292. The molecule has 106 valence electrons. The average molecular weight is 282 g/mol. The number of carbonyl (C=O) groups excluding carboxylic acids is 1. The monoisotopic (exact) mass is 282 g/mol. The zero-order chi connectivity index (χ0) is 14.6. The number of aromatic nitrogens is 1. The van der Waals surface area contributed by atoms with Gasteiger partial charge in [0.05, 0.1) is 21.3 Å². The minimum Gasteiger partial charge on any atom is -0.337 e. The molecule has 0 atom stereocenters. The van der Waals surface area contributed by atoms with Gasteiger partial charge >= 0.3 is 6.03 Å². The van der Waals surface area contributed by atoms with E-state index in [0.717, 1.165) is 21.3 Å². The van der Waals surface area contributed by atoms with E-state index in [4.69, 9.17) is 0 Å². The lowest BCUT2D eigenvalue weighted by atomic mass is 9.98. The van der Waals surface area contributed by atoms with Crippen LogP contribution in [0.5, 0.6) is 0 Å². The molecule has 1 heterocycles. The highest BCUT2D eigenvalue weighted by Crippen LogP contribution is 2.29. The van der Waals surface area contributed by atoms with Gasteiger partial charge in [-0.05, 0) is 20.8 Å². The minimum absolute atomic E-state index is 0.0287. The predicted octanol–water partition coefficient (Wildman–Crippen LogP) is 2.79. The van der Waals surface area contributed by atoms with Crippen LogP contribution >= 0.6 is 11.3 Å². The van der Waals surface area contributed by atoms with Crippen molar-refractivity contribution >= 4 is 23.1 Å². The van der Waals surface area contributed by atoms with Crippen molar-refractivity contribution in [1.82, 2.24) is 15.7 Å². The van der Waals surface area contributed by atoms with Gasteiger partial charge in [-0.25, -0.2) is 15.2 Å². The molecule has 0 aliphatic heterocycles. The molecule has 0 saturated carbocycles. The standard InChI is InChI=1S/C13H22N4OS/c1-7-14-12(18)17-16-9(3)10-8(2)15-11(19-10)13(4,5)6/h7H2,1-6H3,(H2,14,17,18). The zero-order valence-corrected chi connectivity index (χ0v) is 13.2. The third-order valence-corrected chi connectivity index (χ3v) is 4.12. The van der Waals surface area contributed by atoms with Gasteiger partial charge in [-0.3, -0.25) is 0 Å². The molecule has 2 amide bonds. The molecule has 0 aromatic carbocycles. The van der Waals surface area contributed by atoms with Crippen molar-refractivity contribution in [2.24, 2.45) is 5.10 Å². The molecule has 2 N–H and O–H groups in total. The average Bonchev–Trinajstić information content (AvgIpc) is 2.68. The number of carbonyl (C=O) groups is 1. The van der Waals surface area contributed by atoms with Crippen molar-refractivity contribution in [3.05, 3.63) is 15.6 Å². The number of urea groups is 1. The first kappa shape index (κ1) is 15.6. The summed E-state index contributed by atoms with van der Waals surface area (Å²) in [4.78, 5) is 16.9. The molecule has 0 spiro atoms. The van der Waals surface area contributed by atoms with Gasteiger partial charge in [0.2, 0.25) is 0 Å². The summed E-state index contributed by atoms with van der Waals surface area (Å²) in [6.45, 7) is 12.7. The predicted molar refractivity (Wildman–Crippen MR) is 80.0 cm³/mol. The molecule has 1 rings (SSSR count). The molecular weight excluding hydrogens is 260 g/mol. The molecule has 1 aromatic heterocycles. The third-order valence-electron chi connectivity index (χ3n) is 2.43. The van der Waals surface area contributed by atoms with Gasteiger partial charge in [-0.2, -0.15) is 5.10 Å². The molecule has 0 aliphatic carbocycles. The smallest absolute Gasteiger partial charge is 0.335 e. The van der Waals surface area contributed by atoms with Crippen molar-refractivity contribution in [2.75, 3.05) is 6.54 Å². The van der Waals surface area contributed by atoms with Gasteiger partial charge in [0.15, 0.2) is 0 Å². The van der Waals surface area contributed by atoms with Gasteiger partial charge < -0.3 is 5.32 Å². The Morgan fingerprint density at radius 3 is 2.53 bits per heavy atom. The summed E-state index contributed by atoms with van der Waals surface area (Å²) in [6.07, 6.45) is 0. The first-order valence-corrected chi connectivity index (χ1v) is 7.13. The van der Waals surface area contributed by atoms with Crippen molar-refractivity contribution in [3.8, 4) is 0 Å². The Labute approximate surface area is 118 Å². The second-order valence-electron chi connectivity index (χ2n) is 5.35. The van der Waals surface area contributed by atoms with Gasteiger partial charge in [-0.1, -0.05) is 20.8 Å². The molecule has 6 heteroatoms. The second-order valence-corrected chi connectivity index (χ2v) is 6.35. The van der Waals surface area contributed by atoms with E-state index in [0.29, 0.717) is 6.54 Å². The second kappa shape index (κ2) is 6.14. The number of nitrogens with one attached hydrogen (secondary N) is 2. The van der Waals surface area contributed by atoms with E-state index in [-0.39, 0.29) is 11.4 Å². The maximum absolute atomic E-state index is 11.3. The molecule has 0 saturated heterocycles. The molecule has 0 fully saturated rings. The van der Waals surface area contributed by atoms with Crippen LogP contribution in [0, 0.1) is 6.92 Å². The Morgan fingerprint density at radius 2 is 2.05 bits per heavy atom. The first-order chi connectivity index (χ1) is 8.75. The molecule has 1 aromatic rings. The molecular formula is C13H22N4OS. The summed E-state index contributed by atoms with van der Waals surface area (Å²) in [5, 5.41) is 7.80. The fourth-order valence-electron chi connectivity index (χ4n) is 1.44. The Morgan fingerprint density at radius 1 is 1.42 bits per heavy atom.